The molecule has 1 fully saturated rings. The Labute approximate surface area is 176 Å². The normalized spacial score (nSPS) is 15.5. The van der Waals surface area contributed by atoms with Crippen molar-refractivity contribution >= 4 is 29.9 Å². The zero-order chi connectivity index (χ0) is 18.2. The molecule has 3 rings (SSSR count). The molecule has 0 saturated heterocycles. The van der Waals surface area contributed by atoms with Crippen LogP contribution in [0.1, 0.15) is 44.1 Å². The number of hydrogen-bond donors (Lipinski definition) is 2. The van der Waals surface area contributed by atoms with E-state index in [1.807, 2.05) is 12.1 Å². The van der Waals surface area contributed by atoms with Crippen molar-refractivity contribution in [2.75, 3.05) is 0 Å². The van der Waals surface area contributed by atoms with Gasteiger partial charge in [-0.3, -0.25) is 0 Å². The molecule has 27 heavy (non-hydrogen) atoms. The van der Waals surface area contributed by atoms with Crippen molar-refractivity contribution in [3.8, 4) is 11.6 Å². The van der Waals surface area contributed by atoms with E-state index >= 15 is 0 Å². The Bertz CT molecular complexity index is 748. The highest BCUT2D eigenvalue weighted by Crippen LogP contribution is 2.24. The van der Waals surface area contributed by atoms with Crippen LogP contribution in [-0.2, 0) is 6.54 Å². The van der Waals surface area contributed by atoms with Crippen LogP contribution in [0.4, 0.5) is 4.39 Å². The molecular weight excluding hydrogens is 458 g/mol. The molecule has 0 aliphatic heterocycles. The number of nitrogens with one attached hydrogen (secondary N) is 1. The van der Waals surface area contributed by atoms with Crippen LogP contribution in [0.15, 0.2) is 47.6 Å². The average Bonchev–Trinajstić information content (AvgIpc) is 2.90. The van der Waals surface area contributed by atoms with Crippen molar-refractivity contribution in [3.05, 3.63) is 54.0 Å². The maximum Gasteiger partial charge on any atom is 0.224 e. The molecule has 7 heteroatoms. The Kier molecular flexibility index (Phi) is 8.77. The van der Waals surface area contributed by atoms with Gasteiger partial charge < -0.3 is 15.8 Å². The number of guanidine groups is 1. The van der Waals surface area contributed by atoms with Crippen molar-refractivity contribution in [2.24, 2.45) is 10.7 Å². The summed E-state index contributed by atoms with van der Waals surface area (Å²) in [7, 11) is 0. The smallest absolute Gasteiger partial charge is 0.224 e. The summed E-state index contributed by atoms with van der Waals surface area (Å²) in [6, 6.07) is 10.1. The van der Waals surface area contributed by atoms with Gasteiger partial charge in [-0.05, 0) is 31.0 Å². The van der Waals surface area contributed by atoms with Crippen molar-refractivity contribution in [2.45, 2.75) is 51.1 Å². The number of nitrogens with two attached hydrogens (primary N) is 1. The number of hydrogen-bond acceptors (Lipinski definition) is 3. The second-order valence-corrected chi connectivity index (χ2v) is 6.56. The summed E-state index contributed by atoms with van der Waals surface area (Å²) in [4.78, 5) is 8.66. The Morgan fingerprint density at radius 1 is 1.19 bits per heavy atom. The van der Waals surface area contributed by atoms with Crippen LogP contribution in [0.25, 0.3) is 0 Å². The monoisotopic (exact) mass is 484 g/mol. The summed E-state index contributed by atoms with van der Waals surface area (Å²) in [5, 5.41) is 3.32. The molecular formula is C20H26FIN4O. The van der Waals surface area contributed by atoms with Gasteiger partial charge >= 0.3 is 0 Å². The Morgan fingerprint density at radius 2 is 1.96 bits per heavy atom. The molecule has 5 nitrogen and oxygen atoms in total. The SMILES string of the molecule is I.NC(=NCc1cccnc1Oc1cccc(F)c1)NC1CCCCCC1. The Hall–Kier alpha value is -1.90. The summed E-state index contributed by atoms with van der Waals surface area (Å²) >= 11 is 0. The van der Waals surface area contributed by atoms with Gasteiger partial charge in [0.25, 0.3) is 0 Å². The van der Waals surface area contributed by atoms with Gasteiger partial charge in [-0.2, -0.15) is 0 Å². The van der Waals surface area contributed by atoms with Crippen LogP contribution in [0.2, 0.25) is 0 Å². The quantitative estimate of drug-likeness (QED) is 0.278. The van der Waals surface area contributed by atoms with Crippen molar-refractivity contribution in [3.63, 3.8) is 0 Å². The largest absolute Gasteiger partial charge is 0.439 e. The van der Waals surface area contributed by atoms with E-state index in [1.54, 1.807) is 18.3 Å². The highest BCUT2D eigenvalue weighted by atomic mass is 127. The lowest BCUT2D eigenvalue weighted by Crippen LogP contribution is -2.39. The van der Waals surface area contributed by atoms with Gasteiger partial charge in [0.1, 0.15) is 11.6 Å². The van der Waals surface area contributed by atoms with E-state index in [9.17, 15) is 4.39 Å². The number of aromatic nitrogens is 1. The summed E-state index contributed by atoms with van der Waals surface area (Å²) in [5.41, 5.74) is 6.85. The number of pyridine rings is 1. The molecule has 1 aromatic carbocycles. The zero-order valence-electron chi connectivity index (χ0n) is 15.2. The van der Waals surface area contributed by atoms with Crippen LogP contribution in [0.3, 0.4) is 0 Å². The lowest BCUT2D eigenvalue weighted by atomic mass is 10.1. The minimum atomic E-state index is -0.352. The van der Waals surface area contributed by atoms with E-state index < -0.39 is 0 Å². The molecule has 1 aliphatic rings. The fourth-order valence-electron chi connectivity index (χ4n) is 3.13. The number of aliphatic imine (C=N–C) groups is 1. The molecule has 0 bridgehead atoms. The van der Waals surface area contributed by atoms with Gasteiger partial charge in [0.05, 0.1) is 6.54 Å². The first kappa shape index (κ1) is 21.4. The molecule has 0 unspecified atom stereocenters. The molecule has 0 amide bonds. The Balaban J connectivity index is 0.00000261. The fourth-order valence-corrected chi connectivity index (χ4v) is 3.13. The van der Waals surface area contributed by atoms with Crippen LogP contribution in [-0.4, -0.2) is 17.0 Å². The topological polar surface area (TPSA) is 72.5 Å². The van der Waals surface area contributed by atoms with E-state index in [0.29, 0.717) is 30.2 Å². The molecule has 0 spiro atoms. The predicted molar refractivity (Wildman–Crippen MR) is 116 cm³/mol. The fraction of sp³-hybridized carbons (Fsp3) is 0.400. The predicted octanol–water partition coefficient (Wildman–Crippen LogP) is 4.76. The molecule has 1 aromatic heterocycles. The average molecular weight is 484 g/mol. The minimum absolute atomic E-state index is 0. The number of rotatable bonds is 5. The van der Waals surface area contributed by atoms with Crippen LogP contribution in [0, 0.1) is 5.82 Å². The second kappa shape index (κ2) is 11.1. The summed E-state index contributed by atoms with van der Waals surface area (Å²) in [6.07, 6.45) is 8.97. The summed E-state index contributed by atoms with van der Waals surface area (Å²) in [5.74, 6) is 0.898. The number of benzene rings is 1. The highest BCUT2D eigenvalue weighted by Gasteiger charge is 2.12. The van der Waals surface area contributed by atoms with Crippen LogP contribution >= 0.6 is 24.0 Å². The molecule has 3 N–H and O–H groups in total. The third-order valence-corrected chi connectivity index (χ3v) is 4.49. The van der Waals surface area contributed by atoms with E-state index in [2.05, 4.69) is 15.3 Å². The molecule has 1 heterocycles. The minimum Gasteiger partial charge on any atom is -0.439 e. The maximum absolute atomic E-state index is 13.3. The molecule has 2 aromatic rings. The van der Waals surface area contributed by atoms with Gasteiger partial charge in [0.2, 0.25) is 5.88 Å². The Morgan fingerprint density at radius 3 is 2.70 bits per heavy atom. The third-order valence-electron chi connectivity index (χ3n) is 4.49. The second-order valence-electron chi connectivity index (χ2n) is 6.56. The standard InChI is InChI=1S/C20H25FN4O.HI/c21-16-8-5-11-18(13-16)26-19-15(7-6-12-23-19)14-24-20(22)25-17-9-3-1-2-4-10-17;/h5-8,11-13,17H,1-4,9-10,14H2,(H3,22,24,25);1H. The molecule has 1 saturated carbocycles. The first-order chi connectivity index (χ1) is 12.7. The number of nitrogens with zero attached hydrogens (tertiary/aromatic N) is 2. The lowest BCUT2D eigenvalue weighted by Gasteiger charge is -2.16. The lowest BCUT2D eigenvalue weighted by molar-refractivity contribution is 0.452. The summed E-state index contributed by atoms with van der Waals surface area (Å²) in [6.45, 7) is 0.351. The maximum atomic E-state index is 13.3. The third kappa shape index (κ3) is 6.97. The van der Waals surface area contributed by atoms with Gasteiger partial charge in [-0.15, -0.1) is 24.0 Å². The van der Waals surface area contributed by atoms with Crippen molar-refractivity contribution in [1.82, 2.24) is 10.3 Å². The molecule has 1 aliphatic carbocycles. The zero-order valence-corrected chi connectivity index (χ0v) is 17.6. The highest BCUT2D eigenvalue weighted by molar-refractivity contribution is 14.0. The van der Waals surface area contributed by atoms with E-state index in [0.717, 1.165) is 18.4 Å². The molecule has 146 valence electrons. The molecule has 0 atom stereocenters. The van der Waals surface area contributed by atoms with Crippen LogP contribution < -0.4 is 15.8 Å². The van der Waals surface area contributed by atoms with Crippen molar-refractivity contribution < 1.29 is 9.13 Å². The van der Waals surface area contributed by atoms with E-state index in [-0.39, 0.29) is 29.8 Å². The van der Waals surface area contributed by atoms with Gasteiger partial charge in [0, 0.05) is 23.9 Å². The molecule has 0 radical (unpaired) electrons. The number of ether oxygens (including phenoxy) is 1. The van der Waals surface area contributed by atoms with Gasteiger partial charge in [-0.25, -0.2) is 14.4 Å². The van der Waals surface area contributed by atoms with Crippen LogP contribution in [0.5, 0.6) is 11.6 Å². The number of halogens is 2. The van der Waals surface area contributed by atoms with E-state index in [1.165, 1.54) is 37.8 Å². The van der Waals surface area contributed by atoms with E-state index in [4.69, 9.17) is 10.5 Å². The van der Waals surface area contributed by atoms with Crippen molar-refractivity contribution in [1.29, 1.82) is 0 Å². The first-order valence-electron chi connectivity index (χ1n) is 9.14. The summed E-state index contributed by atoms with van der Waals surface area (Å²) < 4.78 is 19.0. The van der Waals surface area contributed by atoms with Gasteiger partial charge in [0.15, 0.2) is 5.96 Å². The first-order valence-corrected chi connectivity index (χ1v) is 9.14. The van der Waals surface area contributed by atoms with Gasteiger partial charge in [-0.1, -0.05) is 37.8 Å².